The lowest BCUT2D eigenvalue weighted by Crippen LogP contribution is -2.21. The van der Waals surface area contributed by atoms with Crippen LogP contribution in [0.3, 0.4) is 0 Å². The fourth-order valence-electron chi connectivity index (χ4n) is 1.33. The third kappa shape index (κ3) is 2.55. The van der Waals surface area contributed by atoms with E-state index in [1.165, 1.54) is 10.0 Å². The molecule has 1 atom stereocenters. The van der Waals surface area contributed by atoms with Gasteiger partial charge in [-0.1, -0.05) is 41.1 Å². The van der Waals surface area contributed by atoms with Gasteiger partial charge in [-0.15, -0.1) is 0 Å². The van der Waals surface area contributed by atoms with Gasteiger partial charge in [0.05, 0.1) is 0 Å². The van der Waals surface area contributed by atoms with Crippen molar-refractivity contribution in [3.63, 3.8) is 0 Å². The maximum Gasteiger partial charge on any atom is 0.0327 e. The Hall–Kier alpha value is -0.340. The summed E-state index contributed by atoms with van der Waals surface area (Å²) in [5, 5.41) is 0. The lowest BCUT2D eigenvalue weighted by Gasteiger charge is -2.24. The minimum absolute atomic E-state index is 0.473. The van der Waals surface area contributed by atoms with Gasteiger partial charge in [-0.2, -0.15) is 0 Å². The standard InChI is InChI=1S/C11H16BrN/c1-4-13(3)9(2)10-7-5-6-8-11(10)12/h5-9H,4H2,1-3H3. The van der Waals surface area contributed by atoms with Gasteiger partial charge in [0.15, 0.2) is 0 Å². The summed E-state index contributed by atoms with van der Waals surface area (Å²) in [6.07, 6.45) is 0. The molecule has 1 unspecified atom stereocenters. The van der Waals surface area contributed by atoms with E-state index in [9.17, 15) is 0 Å². The molecule has 1 aromatic carbocycles. The Balaban J connectivity index is 2.88. The normalized spacial score (nSPS) is 13.3. The molecule has 1 rings (SSSR count). The first-order valence-corrected chi connectivity index (χ1v) is 5.40. The van der Waals surface area contributed by atoms with E-state index in [-0.39, 0.29) is 0 Å². The van der Waals surface area contributed by atoms with Crippen LogP contribution in [-0.2, 0) is 0 Å². The molecule has 0 saturated heterocycles. The van der Waals surface area contributed by atoms with Crippen molar-refractivity contribution in [2.24, 2.45) is 0 Å². The van der Waals surface area contributed by atoms with Crippen molar-refractivity contribution in [1.29, 1.82) is 0 Å². The SMILES string of the molecule is CCN(C)C(C)c1ccccc1Br. The molecule has 0 fully saturated rings. The van der Waals surface area contributed by atoms with Gasteiger partial charge in [0.1, 0.15) is 0 Å². The minimum atomic E-state index is 0.473. The van der Waals surface area contributed by atoms with E-state index in [1.54, 1.807) is 0 Å². The molecule has 1 nitrogen and oxygen atoms in total. The van der Waals surface area contributed by atoms with Crippen LogP contribution in [0.25, 0.3) is 0 Å². The van der Waals surface area contributed by atoms with Gasteiger partial charge in [-0.25, -0.2) is 0 Å². The summed E-state index contributed by atoms with van der Waals surface area (Å²) in [6.45, 7) is 5.47. The molecular formula is C11H16BrN. The smallest absolute Gasteiger partial charge is 0.0327 e. The molecule has 0 radical (unpaired) electrons. The highest BCUT2D eigenvalue weighted by atomic mass is 79.9. The van der Waals surface area contributed by atoms with E-state index in [1.807, 2.05) is 6.07 Å². The van der Waals surface area contributed by atoms with E-state index >= 15 is 0 Å². The molecule has 0 saturated carbocycles. The van der Waals surface area contributed by atoms with Crippen molar-refractivity contribution in [2.45, 2.75) is 19.9 Å². The average molecular weight is 242 g/mol. The first kappa shape index (κ1) is 10.7. The predicted octanol–water partition coefficient (Wildman–Crippen LogP) is 3.46. The maximum absolute atomic E-state index is 3.57. The van der Waals surface area contributed by atoms with Crippen molar-refractivity contribution in [1.82, 2.24) is 4.90 Å². The Morgan fingerprint density at radius 3 is 2.54 bits per heavy atom. The van der Waals surface area contributed by atoms with Crippen molar-refractivity contribution in [3.05, 3.63) is 34.3 Å². The topological polar surface area (TPSA) is 3.24 Å². The summed E-state index contributed by atoms with van der Waals surface area (Å²) in [5.74, 6) is 0. The van der Waals surface area contributed by atoms with Crippen LogP contribution >= 0.6 is 15.9 Å². The Bertz CT molecular complexity index is 273. The zero-order chi connectivity index (χ0) is 9.84. The second-order valence-corrected chi connectivity index (χ2v) is 4.13. The number of rotatable bonds is 3. The van der Waals surface area contributed by atoms with Crippen LogP contribution in [-0.4, -0.2) is 18.5 Å². The Morgan fingerprint density at radius 1 is 1.38 bits per heavy atom. The minimum Gasteiger partial charge on any atom is -0.300 e. The fourth-order valence-corrected chi connectivity index (χ4v) is 1.94. The molecule has 72 valence electrons. The Morgan fingerprint density at radius 2 is 2.00 bits per heavy atom. The maximum atomic E-state index is 3.57. The molecule has 0 aromatic heterocycles. The summed E-state index contributed by atoms with van der Waals surface area (Å²) < 4.78 is 1.20. The Kier molecular flexibility index (Phi) is 3.94. The van der Waals surface area contributed by atoms with Gasteiger partial charge in [-0.3, -0.25) is 4.90 Å². The molecule has 0 heterocycles. The highest BCUT2D eigenvalue weighted by Gasteiger charge is 2.11. The lowest BCUT2D eigenvalue weighted by atomic mass is 10.1. The molecule has 0 bridgehead atoms. The zero-order valence-electron chi connectivity index (χ0n) is 8.42. The van der Waals surface area contributed by atoms with Gasteiger partial charge in [0, 0.05) is 10.5 Å². The van der Waals surface area contributed by atoms with Gasteiger partial charge < -0.3 is 0 Å². The van der Waals surface area contributed by atoms with E-state index in [4.69, 9.17) is 0 Å². The van der Waals surface area contributed by atoms with Crippen LogP contribution < -0.4 is 0 Å². The molecule has 0 amide bonds. The number of hydrogen-bond acceptors (Lipinski definition) is 1. The number of halogens is 1. The van der Waals surface area contributed by atoms with E-state index in [0.29, 0.717) is 6.04 Å². The molecular weight excluding hydrogens is 226 g/mol. The van der Waals surface area contributed by atoms with E-state index in [0.717, 1.165) is 6.54 Å². The number of hydrogen-bond donors (Lipinski definition) is 0. The van der Waals surface area contributed by atoms with Crippen molar-refractivity contribution >= 4 is 15.9 Å². The third-order valence-electron chi connectivity index (χ3n) is 2.52. The number of benzene rings is 1. The van der Waals surface area contributed by atoms with Gasteiger partial charge in [-0.05, 0) is 32.1 Å². The highest BCUT2D eigenvalue weighted by molar-refractivity contribution is 9.10. The van der Waals surface area contributed by atoms with Crippen molar-refractivity contribution in [2.75, 3.05) is 13.6 Å². The van der Waals surface area contributed by atoms with Gasteiger partial charge in [0.2, 0.25) is 0 Å². The van der Waals surface area contributed by atoms with Crippen LogP contribution in [0.4, 0.5) is 0 Å². The van der Waals surface area contributed by atoms with Gasteiger partial charge >= 0.3 is 0 Å². The third-order valence-corrected chi connectivity index (χ3v) is 3.24. The van der Waals surface area contributed by atoms with Crippen molar-refractivity contribution < 1.29 is 0 Å². The second-order valence-electron chi connectivity index (χ2n) is 3.27. The lowest BCUT2D eigenvalue weighted by molar-refractivity contribution is 0.275. The van der Waals surface area contributed by atoms with Crippen LogP contribution in [0.15, 0.2) is 28.7 Å². The summed E-state index contributed by atoms with van der Waals surface area (Å²) in [6, 6.07) is 8.86. The summed E-state index contributed by atoms with van der Waals surface area (Å²) in [5.41, 5.74) is 1.35. The molecule has 0 N–H and O–H groups in total. The number of nitrogens with zero attached hydrogens (tertiary/aromatic N) is 1. The monoisotopic (exact) mass is 241 g/mol. The molecule has 0 aliphatic rings. The van der Waals surface area contributed by atoms with Crippen molar-refractivity contribution in [3.8, 4) is 0 Å². The van der Waals surface area contributed by atoms with Crippen LogP contribution in [0.2, 0.25) is 0 Å². The zero-order valence-corrected chi connectivity index (χ0v) is 10.0. The second kappa shape index (κ2) is 4.77. The van der Waals surface area contributed by atoms with Crippen LogP contribution in [0, 0.1) is 0 Å². The molecule has 1 aromatic rings. The average Bonchev–Trinajstić information content (AvgIpc) is 2.16. The summed E-state index contributed by atoms with van der Waals surface area (Å²) in [4.78, 5) is 2.32. The molecule has 13 heavy (non-hydrogen) atoms. The highest BCUT2D eigenvalue weighted by Crippen LogP contribution is 2.25. The van der Waals surface area contributed by atoms with Crippen LogP contribution in [0.5, 0.6) is 0 Å². The predicted molar refractivity (Wildman–Crippen MR) is 60.9 cm³/mol. The largest absolute Gasteiger partial charge is 0.300 e. The summed E-state index contributed by atoms with van der Waals surface area (Å²) in [7, 11) is 2.14. The molecule has 0 spiro atoms. The molecule has 0 aliphatic carbocycles. The first-order valence-electron chi connectivity index (χ1n) is 4.61. The van der Waals surface area contributed by atoms with Gasteiger partial charge in [0.25, 0.3) is 0 Å². The first-order chi connectivity index (χ1) is 6.16. The molecule has 0 aliphatic heterocycles. The molecule has 2 heteroatoms. The Labute approximate surface area is 88.9 Å². The van der Waals surface area contributed by atoms with Crippen LogP contribution in [0.1, 0.15) is 25.5 Å². The van der Waals surface area contributed by atoms with E-state index < -0.39 is 0 Å². The quantitative estimate of drug-likeness (QED) is 0.784. The van der Waals surface area contributed by atoms with E-state index in [2.05, 4.69) is 59.9 Å². The fraction of sp³-hybridized carbons (Fsp3) is 0.455. The summed E-state index contributed by atoms with van der Waals surface area (Å²) >= 11 is 3.57.